The van der Waals surface area contributed by atoms with E-state index in [0.717, 1.165) is 28.3 Å². The molecule has 1 aliphatic heterocycles. The van der Waals surface area contributed by atoms with Crippen molar-refractivity contribution in [2.75, 3.05) is 19.8 Å². The summed E-state index contributed by atoms with van der Waals surface area (Å²) >= 11 is 0.899. The smallest absolute Gasteiger partial charge is 0.293 e. The van der Waals surface area contributed by atoms with Gasteiger partial charge in [-0.05, 0) is 47.0 Å². The standard InChI is InChI=1S/C24H18N2O4S/c25-11-13-29-19-8-3-5-17(15-19)16-22-23(27)26(24(28)31-22)12-14-30-21-10-4-7-18-6-1-2-9-20(18)21/h1-10,15-16H,12-14H2/b22-16-. The Morgan fingerprint density at radius 2 is 1.81 bits per heavy atom. The Morgan fingerprint density at radius 1 is 1.00 bits per heavy atom. The van der Waals surface area contributed by atoms with Gasteiger partial charge in [-0.1, -0.05) is 48.5 Å². The van der Waals surface area contributed by atoms with Crippen LogP contribution in [0, 0.1) is 11.3 Å². The third-order valence-corrected chi connectivity index (χ3v) is 5.56. The second-order valence-electron chi connectivity index (χ2n) is 6.68. The summed E-state index contributed by atoms with van der Waals surface area (Å²) in [5.74, 6) is 0.896. The molecule has 31 heavy (non-hydrogen) atoms. The topological polar surface area (TPSA) is 79.6 Å². The van der Waals surface area contributed by atoms with Crippen molar-refractivity contribution < 1.29 is 19.1 Å². The van der Waals surface area contributed by atoms with Crippen molar-refractivity contribution >= 4 is 39.8 Å². The molecule has 1 aliphatic rings. The normalized spacial score (nSPS) is 14.8. The molecule has 1 saturated heterocycles. The van der Waals surface area contributed by atoms with Crippen LogP contribution in [0.3, 0.4) is 0 Å². The van der Waals surface area contributed by atoms with E-state index in [4.69, 9.17) is 14.7 Å². The molecule has 154 valence electrons. The van der Waals surface area contributed by atoms with Gasteiger partial charge in [-0.3, -0.25) is 14.5 Å². The zero-order valence-corrected chi connectivity index (χ0v) is 17.3. The van der Waals surface area contributed by atoms with E-state index in [-0.39, 0.29) is 30.9 Å². The Kier molecular flexibility index (Phi) is 6.20. The molecule has 0 spiro atoms. The first-order valence-electron chi connectivity index (χ1n) is 9.61. The summed E-state index contributed by atoms with van der Waals surface area (Å²) in [5, 5.41) is 10.4. The minimum Gasteiger partial charge on any atom is -0.491 e. The molecule has 0 aliphatic carbocycles. The monoisotopic (exact) mass is 430 g/mol. The van der Waals surface area contributed by atoms with Crippen LogP contribution in [0.4, 0.5) is 4.79 Å². The average Bonchev–Trinajstić information content (AvgIpc) is 3.05. The van der Waals surface area contributed by atoms with Gasteiger partial charge in [0.2, 0.25) is 0 Å². The van der Waals surface area contributed by atoms with Crippen LogP contribution in [-0.2, 0) is 4.79 Å². The third kappa shape index (κ3) is 4.71. The molecule has 0 N–H and O–H groups in total. The van der Waals surface area contributed by atoms with E-state index in [1.165, 1.54) is 4.90 Å². The molecule has 7 heteroatoms. The van der Waals surface area contributed by atoms with Gasteiger partial charge >= 0.3 is 0 Å². The number of carbonyl (C=O) groups excluding carboxylic acids is 2. The van der Waals surface area contributed by atoms with E-state index in [0.29, 0.717) is 16.2 Å². The van der Waals surface area contributed by atoms with E-state index < -0.39 is 0 Å². The SMILES string of the molecule is N#CCOc1cccc(/C=C2\SC(=O)N(CCOc3cccc4ccccc34)C2=O)c1. The van der Waals surface area contributed by atoms with E-state index in [9.17, 15) is 9.59 Å². The van der Waals surface area contributed by atoms with Crippen LogP contribution in [0.25, 0.3) is 16.8 Å². The second-order valence-corrected chi connectivity index (χ2v) is 7.67. The van der Waals surface area contributed by atoms with Gasteiger partial charge in [0.25, 0.3) is 11.1 Å². The second kappa shape index (κ2) is 9.37. The summed E-state index contributed by atoms with van der Waals surface area (Å²) in [6, 6.07) is 22.6. The van der Waals surface area contributed by atoms with Crippen LogP contribution in [-0.4, -0.2) is 35.8 Å². The molecule has 1 fully saturated rings. The zero-order chi connectivity index (χ0) is 21.6. The maximum Gasteiger partial charge on any atom is 0.293 e. The van der Waals surface area contributed by atoms with Crippen molar-refractivity contribution in [3.05, 3.63) is 77.2 Å². The van der Waals surface area contributed by atoms with Crippen LogP contribution in [0.15, 0.2) is 71.6 Å². The number of imide groups is 1. The Balaban J connectivity index is 1.41. The maximum atomic E-state index is 12.7. The highest BCUT2D eigenvalue weighted by molar-refractivity contribution is 8.18. The van der Waals surface area contributed by atoms with Gasteiger partial charge in [-0.2, -0.15) is 5.26 Å². The van der Waals surface area contributed by atoms with Gasteiger partial charge < -0.3 is 9.47 Å². The molecule has 0 bridgehead atoms. The largest absolute Gasteiger partial charge is 0.491 e. The van der Waals surface area contributed by atoms with Crippen LogP contribution in [0.2, 0.25) is 0 Å². The number of rotatable bonds is 7. The summed E-state index contributed by atoms with van der Waals surface area (Å²) < 4.78 is 11.1. The van der Waals surface area contributed by atoms with Crippen LogP contribution >= 0.6 is 11.8 Å². The number of hydrogen-bond donors (Lipinski definition) is 0. The summed E-state index contributed by atoms with van der Waals surface area (Å²) in [7, 11) is 0. The highest BCUT2D eigenvalue weighted by Gasteiger charge is 2.34. The van der Waals surface area contributed by atoms with E-state index in [1.807, 2.05) is 48.5 Å². The van der Waals surface area contributed by atoms with Crippen LogP contribution in [0.5, 0.6) is 11.5 Å². The number of amides is 2. The molecular formula is C24H18N2O4S. The van der Waals surface area contributed by atoms with Gasteiger partial charge in [0.05, 0.1) is 11.4 Å². The molecule has 0 unspecified atom stereocenters. The number of ether oxygens (including phenoxy) is 2. The molecule has 2 amide bonds. The maximum absolute atomic E-state index is 12.7. The van der Waals surface area contributed by atoms with E-state index in [1.54, 1.807) is 30.3 Å². The molecule has 0 radical (unpaired) electrons. The molecule has 3 aromatic rings. The molecule has 1 heterocycles. The molecule has 3 aromatic carbocycles. The lowest BCUT2D eigenvalue weighted by Crippen LogP contribution is -2.32. The Labute approximate surface area is 183 Å². The minimum absolute atomic E-state index is 0.0589. The van der Waals surface area contributed by atoms with Crippen molar-refractivity contribution in [2.24, 2.45) is 0 Å². The fourth-order valence-corrected chi connectivity index (χ4v) is 4.09. The summed E-state index contributed by atoms with van der Waals surface area (Å²) in [6.07, 6.45) is 1.65. The van der Waals surface area contributed by atoms with Gasteiger partial charge in [-0.15, -0.1) is 0 Å². The predicted octanol–water partition coefficient (Wildman–Crippen LogP) is 4.86. The molecule has 0 saturated carbocycles. The number of nitriles is 1. The third-order valence-electron chi connectivity index (χ3n) is 4.65. The fourth-order valence-electron chi connectivity index (χ4n) is 3.22. The number of carbonyl (C=O) groups is 2. The van der Waals surface area contributed by atoms with Gasteiger partial charge in [0.1, 0.15) is 24.2 Å². The Morgan fingerprint density at radius 3 is 2.68 bits per heavy atom. The lowest BCUT2D eigenvalue weighted by atomic mass is 10.1. The number of benzene rings is 3. The summed E-state index contributed by atoms with van der Waals surface area (Å²) in [4.78, 5) is 26.6. The van der Waals surface area contributed by atoms with Crippen molar-refractivity contribution in [1.29, 1.82) is 5.26 Å². The van der Waals surface area contributed by atoms with E-state index in [2.05, 4.69) is 0 Å². The fraction of sp³-hybridized carbons (Fsp3) is 0.125. The quantitative estimate of drug-likeness (QED) is 0.498. The molecule has 0 aromatic heterocycles. The zero-order valence-electron chi connectivity index (χ0n) is 16.5. The van der Waals surface area contributed by atoms with Crippen LogP contribution < -0.4 is 9.47 Å². The van der Waals surface area contributed by atoms with Gasteiger partial charge in [0.15, 0.2) is 6.61 Å². The summed E-state index contributed by atoms with van der Waals surface area (Å²) in [6.45, 7) is 0.310. The molecule has 4 rings (SSSR count). The number of hydrogen-bond acceptors (Lipinski definition) is 6. The highest BCUT2D eigenvalue weighted by Crippen LogP contribution is 2.33. The first-order chi connectivity index (χ1) is 15.2. The van der Waals surface area contributed by atoms with Gasteiger partial charge in [0, 0.05) is 5.39 Å². The van der Waals surface area contributed by atoms with E-state index >= 15 is 0 Å². The minimum atomic E-state index is -0.347. The Hall–Kier alpha value is -3.76. The first-order valence-corrected chi connectivity index (χ1v) is 10.4. The van der Waals surface area contributed by atoms with Crippen molar-refractivity contribution in [3.63, 3.8) is 0 Å². The van der Waals surface area contributed by atoms with Crippen molar-refractivity contribution in [1.82, 2.24) is 4.90 Å². The van der Waals surface area contributed by atoms with Crippen molar-refractivity contribution in [2.45, 2.75) is 0 Å². The predicted molar refractivity (Wildman–Crippen MR) is 120 cm³/mol. The first kappa shape index (κ1) is 20.5. The lowest BCUT2D eigenvalue weighted by molar-refractivity contribution is -0.123. The lowest BCUT2D eigenvalue weighted by Gasteiger charge is -2.14. The number of fused-ring (bicyclic) bond motifs is 1. The molecule has 0 atom stereocenters. The average molecular weight is 430 g/mol. The molecular weight excluding hydrogens is 412 g/mol. The number of nitrogens with zero attached hydrogens (tertiary/aromatic N) is 2. The Bertz CT molecular complexity index is 1210. The molecule has 6 nitrogen and oxygen atoms in total. The summed E-state index contributed by atoms with van der Waals surface area (Å²) in [5.41, 5.74) is 0.716. The van der Waals surface area contributed by atoms with Crippen LogP contribution in [0.1, 0.15) is 5.56 Å². The van der Waals surface area contributed by atoms with Crippen molar-refractivity contribution in [3.8, 4) is 17.6 Å². The highest BCUT2D eigenvalue weighted by atomic mass is 32.2. The number of thioether (sulfide) groups is 1. The van der Waals surface area contributed by atoms with Gasteiger partial charge in [-0.25, -0.2) is 0 Å².